The zero-order valence-electron chi connectivity index (χ0n) is 21.1. The summed E-state index contributed by atoms with van der Waals surface area (Å²) in [5, 5.41) is 35.2. The predicted octanol–water partition coefficient (Wildman–Crippen LogP) is 2.59. The summed E-state index contributed by atoms with van der Waals surface area (Å²) in [5.74, 6) is -1.05. The number of nitrogens with zero attached hydrogens (tertiary/aromatic N) is 4. The molecule has 2 unspecified atom stereocenters. The molecule has 9 nitrogen and oxygen atoms in total. The number of morpholine rings is 1. The number of benzene rings is 2. The van der Waals surface area contributed by atoms with Crippen LogP contribution in [0.25, 0.3) is 16.6 Å². The summed E-state index contributed by atoms with van der Waals surface area (Å²) in [4.78, 5) is 14.7. The lowest BCUT2D eigenvalue weighted by Gasteiger charge is -2.30. The molecule has 2 aromatic heterocycles. The van der Waals surface area contributed by atoms with E-state index in [1.165, 1.54) is 46.1 Å². The van der Waals surface area contributed by atoms with Crippen molar-refractivity contribution in [3.63, 3.8) is 0 Å². The van der Waals surface area contributed by atoms with Crippen LogP contribution in [0.5, 0.6) is 0 Å². The lowest BCUT2D eigenvalue weighted by molar-refractivity contribution is -0.248. The zero-order chi connectivity index (χ0) is 28.7. The Hall–Kier alpha value is -3.78. The van der Waals surface area contributed by atoms with E-state index in [0.29, 0.717) is 11.2 Å². The molecule has 1 saturated heterocycles. The van der Waals surface area contributed by atoms with Crippen molar-refractivity contribution in [3.05, 3.63) is 83.6 Å². The molecule has 4 aromatic rings. The van der Waals surface area contributed by atoms with Crippen molar-refractivity contribution in [1.82, 2.24) is 19.2 Å². The highest BCUT2D eigenvalue weighted by Crippen LogP contribution is 2.45. The van der Waals surface area contributed by atoms with Gasteiger partial charge in [-0.2, -0.15) is 18.3 Å². The van der Waals surface area contributed by atoms with E-state index >= 15 is 0 Å². The number of carbonyl (C=O) groups is 1. The molecule has 2 aromatic carbocycles. The van der Waals surface area contributed by atoms with Crippen LogP contribution in [-0.2, 0) is 16.9 Å². The molecule has 1 fully saturated rings. The molecular weight excluding hydrogens is 536 g/mol. The Morgan fingerprint density at radius 3 is 2.40 bits per heavy atom. The summed E-state index contributed by atoms with van der Waals surface area (Å²) < 4.78 is 65.2. The summed E-state index contributed by atoms with van der Waals surface area (Å²) in [6.45, 7) is -0.0933. The van der Waals surface area contributed by atoms with Gasteiger partial charge in [0.25, 0.3) is 5.91 Å². The van der Waals surface area contributed by atoms with E-state index in [1.54, 1.807) is 0 Å². The Kier molecular flexibility index (Phi) is 7.40. The van der Waals surface area contributed by atoms with Crippen molar-refractivity contribution < 1.29 is 42.4 Å². The fraction of sp³-hybridized carbons (Fsp3) is 0.333. The van der Waals surface area contributed by atoms with E-state index in [9.17, 15) is 37.7 Å². The van der Waals surface area contributed by atoms with E-state index in [2.05, 4.69) is 5.10 Å². The number of carbonyl (C=O) groups excluding carboxylic acids is 1. The van der Waals surface area contributed by atoms with Gasteiger partial charge in [-0.25, -0.2) is 9.07 Å². The number of aliphatic hydroxyl groups is 3. The van der Waals surface area contributed by atoms with Crippen LogP contribution in [0.1, 0.15) is 21.6 Å². The molecule has 1 amide bonds. The molecular formula is C27H26F4N4O5. The Morgan fingerprint density at radius 2 is 1.75 bits per heavy atom. The van der Waals surface area contributed by atoms with Gasteiger partial charge in [-0.3, -0.25) is 4.79 Å². The third kappa shape index (κ3) is 4.96. The number of rotatable bonds is 7. The minimum Gasteiger partial charge on any atom is -0.394 e. The number of amides is 1. The highest BCUT2D eigenvalue weighted by atomic mass is 19.4. The Morgan fingerprint density at radius 1 is 1.05 bits per heavy atom. The topological polar surface area (TPSA) is 113 Å². The van der Waals surface area contributed by atoms with Crippen LogP contribution < -0.4 is 0 Å². The molecule has 13 heteroatoms. The number of hydrogen-bond donors (Lipinski definition) is 3. The predicted molar refractivity (Wildman–Crippen MR) is 134 cm³/mol. The molecule has 1 aliphatic rings. The molecule has 40 heavy (non-hydrogen) atoms. The van der Waals surface area contributed by atoms with Gasteiger partial charge < -0.3 is 29.5 Å². The summed E-state index contributed by atoms with van der Waals surface area (Å²) in [6.07, 6.45) is -4.28. The van der Waals surface area contributed by atoms with Crippen LogP contribution in [0.3, 0.4) is 0 Å². The maximum Gasteiger partial charge on any atom is 0.425 e. The first-order valence-electron chi connectivity index (χ1n) is 12.4. The lowest BCUT2D eigenvalue weighted by Crippen LogP contribution is -2.43. The first-order valence-corrected chi connectivity index (χ1v) is 12.4. The van der Waals surface area contributed by atoms with Gasteiger partial charge in [-0.1, -0.05) is 6.07 Å². The Labute approximate surface area is 225 Å². The summed E-state index contributed by atoms with van der Waals surface area (Å²) in [5.41, 5.74) is -3.96. The summed E-state index contributed by atoms with van der Waals surface area (Å²) in [7, 11) is 0. The molecule has 5 rings (SSSR count). The average molecular weight is 563 g/mol. The number of aromatic nitrogens is 3. The second-order valence-corrected chi connectivity index (χ2v) is 9.52. The van der Waals surface area contributed by atoms with Gasteiger partial charge in [0.15, 0.2) is 0 Å². The fourth-order valence-electron chi connectivity index (χ4n) is 4.79. The highest BCUT2D eigenvalue weighted by molar-refractivity contribution is 5.93. The zero-order valence-corrected chi connectivity index (χ0v) is 21.1. The minimum absolute atomic E-state index is 0.183. The van der Waals surface area contributed by atoms with Crippen LogP contribution >= 0.6 is 0 Å². The monoisotopic (exact) mass is 562 g/mol. The number of hydrogen-bond acceptors (Lipinski definition) is 6. The number of alkyl halides is 3. The number of aliphatic hydroxyl groups excluding tert-OH is 2. The largest absolute Gasteiger partial charge is 0.425 e. The SMILES string of the molecule is O=C(c1cc(C(O)(c2ccc3c(cnn3-c3ccc(F)cc3)c2)C(F)(F)F)cn1CC(O)CO)N1CCOCC1. The first-order chi connectivity index (χ1) is 19.0. The minimum atomic E-state index is -5.21. The molecule has 1 aliphatic heterocycles. The smallest absolute Gasteiger partial charge is 0.394 e. The standard InChI is InChI=1S/C27H26F4N4O5/c28-20-2-4-21(5-3-20)35-23-6-1-18(11-17(23)13-32-35)26(39,27(29,30)31)19-12-24(34(14-19)15-22(37)16-36)25(38)33-7-9-40-10-8-33/h1-6,11-14,22,36-37,39H,7-10,15-16H2. The maximum absolute atomic E-state index is 14.7. The van der Waals surface area contributed by atoms with Gasteiger partial charge >= 0.3 is 6.18 Å². The first kappa shape index (κ1) is 27.8. The van der Waals surface area contributed by atoms with Gasteiger partial charge in [0.2, 0.25) is 5.60 Å². The van der Waals surface area contributed by atoms with Crippen molar-refractivity contribution in [1.29, 1.82) is 0 Å². The molecule has 212 valence electrons. The second-order valence-electron chi connectivity index (χ2n) is 9.52. The molecule has 0 aliphatic carbocycles. The van der Waals surface area contributed by atoms with Crippen molar-refractivity contribution in [2.45, 2.75) is 24.4 Å². The van der Waals surface area contributed by atoms with Crippen LogP contribution in [0.2, 0.25) is 0 Å². The maximum atomic E-state index is 14.7. The molecule has 3 N–H and O–H groups in total. The number of halogens is 4. The van der Waals surface area contributed by atoms with Gasteiger partial charge in [0.05, 0.1) is 49.9 Å². The molecule has 3 heterocycles. The van der Waals surface area contributed by atoms with Crippen molar-refractivity contribution in [3.8, 4) is 5.69 Å². The normalized spacial score (nSPS) is 16.7. The van der Waals surface area contributed by atoms with E-state index in [0.717, 1.165) is 29.0 Å². The van der Waals surface area contributed by atoms with Crippen molar-refractivity contribution in [2.24, 2.45) is 0 Å². The van der Waals surface area contributed by atoms with E-state index in [1.807, 2.05) is 0 Å². The Bertz CT molecular complexity index is 1510. The van der Waals surface area contributed by atoms with Crippen LogP contribution in [-0.4, -0.2) is 85.7 Å². The van der Waals surface area contributed by atoms with Gasteiger partial charge in [0, 0.05) is 30.2 Å². The molecule has 0 radical (unpaired) electrons. The highest BCUT2D eigenvalue weighted by Gasteiger charge is 2.57. The van der Waals surface area contributed by atoms with Crippen LogP contribution in [0.4, 0.5) is 17.6 Å². The van der Waals surface area contributed by atoms with Crippen LogP contribution in [0.15, 0.2) is 60.9 Å². The summed E-state index contributed by atoms with van der Waals surface area (Å²) >= 11 is 0. The second kappa shape index (κ2) is 10.7. The molecule has 2 atom stereocenters. The summed E-state index contributed by atoms with van der Waals surface area (Å²) in [6, 6.07) is 9.99. The fourth-order valence-corrected chi connectivity index (χ4v) is 4.79. The molecule has 0 bridgehead atoms. The van der Waals surface area contributed by atoms with E-state index in [-0.39, 0.29) is 43.9 Å². The Balaban J connectivity index is 1.60. The van der Waals surface area contributed by atoms with E-state index in [4.69, 9.17) is 4.74 Å². The van der Waals surface area contributed by atoms with E-state index < -0.39 is 47.3 Å². The van der Waals surface area contributed by atoms with Crippen molar-refractivity contribution >= 4 is 16.8 Å². The van der Waals surface area contributed by atoms with Crippen LogP contribution in [0, 0.1) is 5.82 Å². The quantitative estimate of drug-likeness (QED) is 0.299. The van der Waals surface area contributed by atoms with Gasteiger partial charge in [0.1, 0.15) is 11.5 Å². The third-order valence-corrected chi connectivity index (χ3v) is 6.92. The van der Waals surface area contributed by atoms with Gasteiger partial charge in [-0.05, 0) is 48.0 Å². The number of ether oxygens (including phenoxy) is 1. The third-order valence-electron chi connectivity index (χ3n) is 6.92. The van der Waals surface area contributed by atoms with Crippen molar-refractivity contribution in [2.75, 3.05) is 32.9 Å². The lowest BCUT2D eigenvalue weighted by atomic mass is 9.86. The average Bonchev–Trinajstić information content (AvgIpc) is 3.56. The molecule has 0 spiro atoms. The molecule has 0 saturated carbocycles. The van der Waals surface area contributed by atoms with Gasteiger partial charge in [-0.15, -0.1) is 0 Å². The number of fused-ring (bicyclic) bond motifs is 1.